The van der Waals surface area contributed by atoms with E-state index >= 15 is 0 Å². The zero-order valence-corrected chi connectivity index (χ0v) is 20.2. The summed E-state index contributed by atoms with van der Waals surface area (Å²) in [5, 5.41) is 9.46. The highest BCUT2D eigenvalue weighted by Crippen LogP contribution is 2.33. The monoisotopic (exact) mass is 501 g/mol. The molecule has 0 bridgehead atoms. The van der Waals surface area contributed by atoms with Gasteiger partial charge < -0.3 is 10.1 Å². The van der Waals surface area contributed by atoms with Crippen molar-refractivity contribution >= 4 is 33.2 Å². The van der Waals surface area contributed by atoms with Gasteiger partial charge in [0.15, 0.2) is 15.6 Å². The molecule has 34 heavy (non-hydrogen) atoms. The topological polar surface area (TPSA) is 121 Å². The number of hydrogen-bond acceptors (Lipinski definition) is 5. The Balaban J connectivity index is 1.99. The van der Waals surface area contributed by atoms with E-state index in [1.807, 2.05) is 13.0 Å². The van der Waals surface area contributed by atoms with Crippen LogP contribution < -0.4 is 5.56 Å². The van der Waals surface area contributed by atoms with Gasteiger partial charge in [0, 0.05) is 47.4 Å². The number of carboxylic acids is 1. The highest BCUT2D eigenvalue weighted by Gasteiger charge is 2.22. The molecule has 0 aliphatic rings. The molecule has 0 saturated heterocycles. The van der Waals surface area contributed by atoms with Crippen molar-refractivity contribution in [1.29, 1.82) is 0 Å². The summed E-state index contributed by atoms with van der Waals surface area (Å²) in [5.74, 6) is -1.68. The number of nitrogens with one attached hydrogen (secondary N) is 1. The minimum Gasteiger partial charge on any atom is -0.481 e. The van der Waals surface area contributed by atoms with Gasteiger partial charge in [-0.25, -0.2) is 8.42 Å². The molecule has 1 heterocycles. The molecule has 0 aliphatic heterocycles. The predicted octanol–water partition coefficient (Wildman–Crippen LogP) is 4.16. The third-order valence-corrected chi connectivity index (χ3v) is 6.98. The van der Waals surface area contributed by atoms with E-state index in [4.69, 9.17) is 16.7 Å². The van der Waals surface area contributed by atoms with Crippen molar-refractivity contribution in [3.05, 3.63) is 97.9 Å². The molecule has 0 fully saturated rings. The van der Waals surface area contributed by atoms with Gasteiger partial charge in [-0.2, -0.15) is 0 Å². The Hall–Kier alpha value is -3.23. The van der Waals surface area contributed by atoms with Gasteiger partial charge in [-0.05, 0) is 60.4 Å². The van der Waals surface area contributed by atoms with E-state index < -0.39 is 27.3 Å². The maximum atomic E-state index is 13.2. The molecular weight excluding hydrogens is 478 g/mol. The Kier molecular flexibility index (Phi) is 7.74. The van der Waals surface area contributed by atoms with Gasteiger partial charge in [-0.15, -0.1) is 0 Å². The van der Waals surface area contributed by atoms with E-state index in [9.17, 15) is 22.8 Å². The number of H-pyrrole nitrogens is 1. The largest absolute Gasteiger partial charge is 0.481 e. The summed E-state index contributed by atoms with van der Waals surface area (Å²) in [6.07, 6.45) is 2.29. The number of aromatic amines is 1. The van der Waals surface area contributed by atoms with Crippen molar-refractivity contribution in [2.75, 3.05) is 6.26 Å². The molecule has 0 radical (unpaired) electrons. The second-order valence-electron chi connectivity index (χ2n) is 8.16. The van der Waals surface area contributed by atoms with Crippen LogP contribution in [0.3, 0.4) is 0 Å². The molecule has 0 amide bonds. The van der Waals surface area contributed by atoms with E-state index in [-0.39, 0.29) is 41.1 Å². The molecule has 0 spiro atoms. The van der Waals surface area contributed by atoms with E-state index in [2.05, 4.69) is 4.98 Å². The van der Waals surface area contributed by atoms with Gasteiger partial charge in [0.2, 0.25) is 0 Å². The second kappa shape index (κ2) is 10.4. The zero-order valence-electron chi connectivity index (χ0n) is 18.7. The number of rotatable bonds is 9. The standard InChI is InChI=1S/C25H24ClNO6S/c1-15-11-19(26)6-9-21(15)22(16-3-7-20(8-4-16)34(2,32)33)13-23(28)18-12-17(5-10-24(29)30)25(31)27-14-18/h3-4,6-9,11-12,14,22H,5,10,13H2,1-2H3,(H,27,31)(H,29,30). The minimum atomic E-state index is -3.37. The maximum Gasteiger partial charge on any atom is 0.303 e. The number of halogens is 1. The Bertz CT molecular complexity index is 1390. The first-order chi connectivity index (χ1) is 16.0. The number of aromatic nitrogens is 1. The molecule has 1 atom stereocenters. The summed E-state index contributed by atoms with van der Waals surface area (Å²) in [5.41, 5.74) is 2.55. The molecule has 3 aromatic rings. The van der Waals surface area contributed by atoms with Crippen LogP contribution in [-0.4, -0.2) is 36.5 Å². The number of aliphatic carboxylic acids is 1. The molecule has 1 aromatic heterocycles. The third kappa shape index (κ3) is 6.21. The number of sulfone groups is 1. The number of carboxylic acid groups (broad SMARTS) is 1. The van der Waals surface area contributed by atoms with E-state index in [1.165, 1.54) is 24.4 Å². The highest BCUT2D eigenvalue weighted by molar-refractivity contribution is 7.90. The van der Waals surface area contributed by atoms with Crippen molar-refractivity contribution in [2.45, 2.75) is 37.0 Å². The summed E-state index contributed by atoms with van der Waals surface area (Å²) in [6.45, 7) is 1.88. The van der Waals surface area contributed by atoms with Gasteiger partial charge in [0.1, 0.15) is 0 Å². The van der Waals surface area contributed by atoms with Gasteiger partial charge in [-0.1, -0.05) is 29.8 Å². The lowest BCUT2D eigenvalue weighted by atomic mass is 9.84. The van der Waals surface area contributed by atoms with E-state index in [1.54, 1.807) is 24.3 Å². The van der Waals surface area contributed by atoms with Gasteiger partial charge in [0.25, 0.3) is 5.56 Å². The van der Waals surface area contributed by atoms with Crippen molar-refractivity contribution in [1.82, 2.24) is 4.98 Å². The quantitative estimate of drug-likeness (QED) is 0.424. The Labute approximate surface area is 202 Å². The summed E-state index contributed by atoms with van der Waals surface area (Å²) < 4.78 is 23.7. The van der Waals surface area contributed by atoms with Crippen LogP contribution in [0.25, 0.3) is 0 Å². The predicted molar refractivity (Wildman–Crippen MR) is 130 cm³/mol. The fraction of sp³-hybridized carbons (Fsp3) is 0.240. The molecule has 9 heteroatoms. The Morgan fingerprint density at radius 2 is 1.76 bits per heavy atom. The number of aryl methyl sites for hydroxylation is 2. The summed E-state index contributed by atoms with van der Waals surface area (Å²) in [7, 11) is -3.37. The van der Waals surface area contributed by atoms with Crippen LogP contribution in [0.1, 0.15) is 51.4 Å². The first-order valence-electron chi connectivity index (χ1n) is 10.5. The minimum absolute atomic E-state index is 0.0124. The number of Topliss-reactive ketones (excluding diaryl/α,β-unsaturated/α-hetero) is 1. The SMILES string of the molecule is Cc1cc(Cl)ccc1C(CC(=O)c1c[nH]c(=O)c(CCC(=O)O)c1)c1ccc(S(C)(=O)=O)cc1. The zero-order chi connectivity index (χ0) is 25.0. The first kappa shape index (κ1) is 25.4. The maximum absolute atomic E-state index is 13.2. The number of carbonyl (C=O) groups excluding carboxylic acids is 1. The van der Waals surface area contributed by atoms with Crippen LogP contribution in [0.5, 0.6) is 0 Å². The molecule has 178 valence electrons. The fourth-order valence-corrected chi connectivity index (χ4v) is 4.66. The normalized spacial score (nSPS) is 12.3. The lowest BCUT2D eigenvalue weighted by molar-refractivity contribution is -0.136. The number of carbonyl (C=O) groups is 2. The number of hydrogen-bond donors (Lipinski definition) is 2. The van der Waals surface area contributed by atoms with Crippen LogP contribution in [0, 0.1) is 6.92 Å². The second-order valence-corrected chi connectivity index (χ2v) is 10.6. The van der Waals surface area contributed by atoms with Crippen LogP contribution in [0.2, 0.25) is 5.02 Å². The van der Waals surface area contributed by atoms with Crippen molar-refractivity contribution < 1.29 is 23.1 Å². The number of benzene rings is 2. The van der Waals surface area contributed by atoms with Gasteiger partial charge in [-0.3, -0.25) is 14.4 Å². The Morgan fingerprint density at radius 1 is 1.09 bits per heavy atom. The smallest absolute Gasteiger partial charge is 0.303 e. The molecule has 0 saturated carbocycles. The Morgan fingerprint density at radius 3 is 2.35 bits per heavy atom. The molecule has 2 aromatic carbocycles. The average molecular weight is 502 g/mol. The lowest BCUT2D eigenvalue weighted by Crippen LogP contribution is -2.17. The molecule has 0 aliphatic carbocycles. The average Bonchev–Trinajstić information content (AvgIpc) is 2.76. The molecule has 2 N–H and O–H groups in total. The van der Waals surface area contributed by atoms with E-state index in [0.717, 1.165) is 22.9 Å². The van der Waals surface area contributed by atoms with Crippen molar-refractivity contribution in [3.8, 4) is 0 Å². The van der Waals surface area contributed by atoms with Crippen LogP contribution >= 0.6 is 11.6 Å². The lowest BCUT2D eigenvalue weighted by Gasteiger charge is -2.20. The van der Waals surface area contributed by atoms with Gasteiger partial charge in [0.05, 0.1) is 4.90 Å². The van der Waals surface area contributed by atoms with Crippen molar-refractivity contribution in [3.63, 3.8) is 0 Å². The summed E-state index contributed by atoms with van der Waals surface area (Å²) >= 11 is 6.12. The molecule has 1 unspecified atom stereocenters. The third-order valence-electron chi connectivity index (χ3n) is 5.62. The number of pyridine rings is 1. The molecular formula is C25H24ClNO6S. The molecule has 3 rings (SSSR count). The first-order valence-corrected chi connectivity index (χ1v) is 12.8. The van der Waals surface area contributed by atoms with Crippen molar-refractivity contribution in [2.24, 2.45) is 0 Å². The van der Waals surface area contributed by atoms with Crippen LogP contribution in [-0.2, 0) is 21.1 Å². The molecule has 7 nitrogen and oxygen atoms in total. The fourth-order valence-electron chi connectivity index (χ4n) is 3.81. The van der Waals surface area contributed by atoms with E-state index in [0.29, 0.717) is 5.02 Å². The summed E-state index contributed by atoms with van der Waals surface area (Å²) in [4.78, 5) is 38.9. The summed E-state index contributed by atoms with van der Waals surface area (Å²) in [6, 6.07) is 13.2. The number of ketones is 1. The van der Waals surface area contributed by atoms with Gasteiger partial charge >= 0.3 is 5.97 Å². The highest BCUT2D eigenvalue weighted by atomic mass is 35.5. The van der Waals surface area contributed by atoms with Crippen LogP contribution in [0.4, 0.5) is 0 Å². The van der Waals surface area contributed by atoms with Crippen LogP contribution in [0.15, 0.2) is 64.4 Å².